The van der Waals surface area contributed by atoms with Gasteiger partial charge in [-0.3, -0.25) is 4.79 Å². The van der Waals surface area contributed by atoms with Gasteiger partial charge in [-0.05, 0) is 18.6 Å². The number of allylic oxidation sites excluding steroid dienone is 1. The third-order valence-electron chi connectivity index (χ3n) is 4.18. The Hall–Kier alpha value is -1.65. The summed E-state index contributed by atoms with van der Waals surface area (Å²) in [6, 6.07) is 7.59. The fourth-order valence-electron chi connectivity index (χ4n) is 2.58. The number of ketones is 1. The minimum absolute atomic E-state index is 0.142. The van der Waals surface area contributed by atoms with Crippen molar-refractivity contribution in [2.75, 3.05) is 13.7 Å². The highest BCUT2D eigenvalue weighted by Gasteiger charge is 2.40. The van der Waals surface area contributed by atoms with Crippen LogP contribution in [0.1, 0.15) is 38.5 Å². The summed E-state index contributed by atoms with van der Waals surface area (Å²) in [6.45, 7) is 8.08. The molecule has 2 atom stereocenters. The molecule has 1 aliphatic rings. The summed E-state index contributed by atoms with van der Waals surface area (Å²) >= 11 is 0. The molecule has 1 fully saturated rings. The number of hydrogen-bond acceptors (Lipinski definition) is 4. The molecule has 1 saturated heterocycles. The Bertz CT molecular complexity index is 518. The first kappa shape index (κ1) is 16.7. The van der Waals surface area contributed by atoms with Crippen LogP contribution in [-0.4, -0.2) is 25.6 Å². The predicted octanol–water partition coefficient (Wildman–Crippen LogP) is 3.67. The Morgan fingerprint density at radius 3 is 2.68 bits per heavy atom. The molecule has 0 unspecified atom stereocenters. The van der Waals surface area contributed by atoms with E-state index in [1.165, 1.54) is 0 Å². The van der Waals surface area contributed by atoms with Gasteiger partial charge in [-0.25, -0.2) is 0 Å². The minimum atomic E-state index is -0.553. The number of carbonyl (C=O) groups is 1. The van der Waals surface area contributed by atoms with Gasteiger partial charge in [0.2, 0.25) is 0 Å². The molecule has 4 heteroatoms. The molecular formula is C18H24O4. The average Bonchev–Trinajstić information content (AvgIpc) is 2.55. The average molecular weight is 304 g/mol. The van der Waals surface area contributed by atoms with Gasteiger partial charge in [-0.15, -0.1) is 6.58 Å². The van der Waals surface area contributed by atoms with Crippen LogP contribution in [0.25, 0.3) is 0 Å². The fourth-order valence-corrected chi connectivity index (χ4v) is 2.58. The van der Waals surface area contributed by atoms with Crippen molar-refractivity contribution in [3.63, 3.8) is 0 Å². The molecule has 0 saturated carbocycles. The monoisotopic (exact) mass is 304 g/mol. The summed E-state index contributed by atoms with van der Waals surface area (Å²) in [5, 5.41) is 0. The second kappa shape index (κ2) is 7.07. The van der Waals surface area contributed by atoms with Crippen molar-refractivity contribution in [3.05, 3.63) is 42.5 Å². The SMILES string of the molecule is C=CCC(=O)C(C)(C)[C@@H]1CCO[C@H](c2ccc(OC)cc2)O1. The molecule has 1 aromatic rings. The standard InChI is InChI=1S/C18H24O4/c1-5-6-15(19)18(2,3)16-11-12-21-17(22-16)13-7-9-14(20-4)10-8-13/h5,7-10,16-17H,1,6,11-12H2,2-4H3/t16-,17-/m0/s1. The molecule has 1 heterocycles. The molecule has 0 radical (unpaired) electrons. The maximum atomic E-state index is 12.3. The van der Waals surface area contributed by atoms with Crippen LogP contribution in [0.3, 0.4) is 0 Å². The molecule has 0 amide bonds. The van der Waals surface area contributed by atoms with E-state index in [-0.39, 0.29) is 11.9 Å². The number of ether oxygens (including phenoxy) is 3. The van der Waals surface area contributed by atoms with Crippen molar-refractivity contribution in [1.29, 1.82) is 0 Å². The van der Waals surface area contributed by atoms with Crippen molar-refractivity contribution in [3.8, 4) is 5.75 Å². The topological polar surface area (TPSA) is 44.8 Å². The molecule has 0 bridgehead atoms. The number of benzene rings is 1. The molecule has 0 spiro atoms. The molecule has 0 aromatic heterocycles. The Balaban J connectivity index is 2.10. The number of rotatable bonds is 6. The molecule has 0 aliphatic carbocycles. The summed E-state index contributed by atoms with van der Waals surface area (Å²) in [5.41, 5.74) is 0.375. The Morgan fingerprint density at radius 1 is 1.41 bits per heavy atom. The maximum Gasteiger partial charge on any atom is 0.184 e. The number of Topliss-reactive ketones (excluding diaryl/α,β-unsaturated/α-hetero) is 1. The lowest BCUT2D eigenvalue weighted by Gasteiger charge is -2.39. The number of carbonyl (C=O) groups excluding carboxylic acids is 1. The highest BCUT2D eigenvalue weighted by molar-refractivity contribution is 5.85. The summed E-state index contributed by atoms with van der Waals surface area (Å²) in [7, 11) is 1.63. The Labute approximate surface area is 132 Å². The van der Waals surface area contributed by atoms with Gasteiger partial charge in [0.15, 0.2) is 6.29 Å². The second-order valence-corrected chi connectivity index (χ2v) is 6.03. The molecule has 1 aliphatic heterocycles. The van der Waals surface area contributed by atoms with Gasteiger partial charge in [0.05, 0.1) is 25.2 Å². The number of methoxy groups -OCH3 is 1. The van der Waals surface area contributed by atoms with Crippen LogP contribution in [0.2, 0.25) is 0 Å². The zero-order chi connectivity index (χ0) is 16.2. The van der Waals surface area contributed by atoms with Crippen LogP contribution in [0.5, 0.6) is 5.75 Å². The number of hydrogen-bond donors (Lipinski definition) is 0. The van der Waals surface area contributed by atoms with Crippen LogP contribution in [0.15, 0.2) is 36.9 Å². The van der Waals surface area contributed by atoms with Crippen LogP contribution in [0.4, 0.5) is 0 Å². The van der Waals surface area contributed by atoms with E-state index in [0.717, 1.165) is 11.3 Å². The molecule has 22 heavy (non-hydrogen) atoms. The van der Waals surface area contributed by atoms with Crippen LogP contribution in [0, 0.1) is 5.41 Å². The van der Waals surface area contributed by atoms with E-state index in [1.54, 1.807) is 13.2 Å². The predicted molar refractivity (Wildman–Crippen MR) is 84.8 cm³/mol. The quantitative estimate of drug-likeness (QED) is 0.752. The Morgan fingerprint density at radius 2 is 2.09 bits per heavy atom. The van der Waals surface area contributed by atoms with Gasteiger partial charge in [0, 0.05) is 12.0 Å². The van der Waals surface area contributed by atoms with Gasteiger partial charge in [0.25, 0.3) is 0 Å². The van der Waals surface area contributed by atoms with E-state index in [2.05, 4.69) is 6.58 Å². The zero-order valence-electron chi connectivity index (χ0n) is 13.5. The lowest BCUT2D eigenvalue weighted by Crippen LogP contribution is -2.43. The lowest BCUT2D eigenvalue weighted by atomic mass is 9.79. The molecule has 0 N–H and O–H groups in total. The van der Waals surface area contributed by atoms with E-state index < -0.39 is 11.7 Å². The second-order valence-electron chi connectivity index (χ2n) is 6.03. The van der Waals surface area contributed by atoms with Crippen molar-refractivity contribution in [2.24, 2.45) is 5.41 Å². The summed E-state index contributed by atoms with van der Waals surface area (Å²) < 4.78 is 16.9. The van der Waals surface area contributed by atoms with Crippen LogP contribution >= 0.6 is 0 Å². The third kappa shape index (κ3) is 3.57. The van der Waals surface area contributed by atoms with Crippen molar-refractivity contribution in [2.45, 2.75) is 39.1 Å². The van der Waals surface area contributed by atoms with Gasteiger partial charge < -0.3 is 14.2 Å². The molecule has 2 rings (SSSR count). The van der Waals surface area contributed by atoms with Crippen LogP contribution in [-0.2, 0) is 14.3 Å². The summed E-state index contributed by atoms with van der Waals surface area (Å²) in [5.74, 6) is 0.931. The molecule has 120 valence electrons. The molecule has 1 aromatic carbocycles. The normalized spacial score (nSPS) is 22.1. The fraction of sp³-hybridized carbons (Fsp3) is 0.500. The van der Waals surface area contributed by atoms with Gasteiger partial charge >= 0.3 is 0 Å². The smallest absolute Gasteiger partial charge is 0.184 e. The van der Waals surface area contributed by atoms with Crippen molar-refractivity contribution < 1.29 is 19.0 Å². The van der Waals surface area contributed by atoms with Crippen molar-refractivity contribution in [1.82, 2.24) is 0 Å². The van der Waals surface area contributed by atoms with Crippen molar-refractivity contribution >= 4 is 5.78 Å². The third-order valence-corrected chi connectivity index (χ3v) is 4.18. The molecular weight excluding hydrogens is 280 g/mol. The first-order valence-corrected chi connectivity index (χ1v) is 7.54. The highest BCUT2D eigenvalue weighted by Crippen LogP contribution is 2.36. The first-order chi connectivity index (χ1) is 10.5. The largest absolute Gasteiger partial charge is 0.497 e. The van der Waals surface area contributed by atoms with Gasteiger partial charge in [-0.2, -0.15) is 0 Å². The van der Waals surface area contributed by atoms with Crippen LogP contribution < -0.4 is 4.74 Å². The zero-order valence-corrected chi connectivity index (χ0v) is 13.5. The first-order valence-electron chi connectivity index (χ1n) is 7.54. The highest BCUT2D eigenvalue weighted by atomic mass is 16.7. The van der Waals surface area contributed by atoms with Gasteiger partial charge in [0.1, 0.15) is 11.5 Å². The minimum Gasteiger partial charge on any atom is -0.497 e. The lowest BCUT2D eigenvalue weighted by molar-refractivity contribution is -0.238. The van der Waals surface area contributed by atoms with Gasteiger partial charge in [-0.1, -0.05) is 32.1 Å². The van der Waals surface area contributed by atoms with E-state index in [9.17, 15) is 4.79 Å². The van der Waals surface area contributed by atoms with E-state index in [4.69, 9.17) is 14.2 Å². The summed E-state index contributed by atoms with van der Waals surface area (Å²) in [4.78, 5) is 12.3. The molecule has 4 nitrogen and oxygen atoms in total. The van der Waals surface area contributed by atoms with E-state index >= 15 is 0 Å². The summed E-state index contributed by atoms with van der Waals surface area (Å²) in [6.07, 6.45) is 2.11. The maximum absolute atomic E-state index is 12.3. The van der Waals surface area contributed by atoms with E-state index in [0.29, 0.717) is 19.4 Å². The Kier molecular flexibility index (Phi) is 5.37. The van der Waals surface area contributed by atoms with E-state index in [1.807, 2.05) is 38.1 Å².